The summed E-state index contributed by atoms with van der Waals surface area (Å²) in [5.74, 6) is 1.33. The maximum atomic E-state index is 6.99. The highest BCUT2D eigenvalue weighted by Crippen LogP contribution is 2.47. The molecule has 3 fully saturated rings. The van der Waals surface area contributed by atoms with Crippen molar-refractivity contribution in [3.05, 3.63) is 76.3 Å². The lowest BCUT2D eigenvalue weighted by Gasteiger charge is -2.37. The van der Waals surface area contributed by atoms with Crippen LogP contribution in [-0.4, -0.2) is 27.8 Å². The Labute approximate surface area is 230 Å². The number of piperidine rings is 1. The third-order valence-corrected chi connectivity index (χ3v) is 8.89. The summed E-state index contributed by atoms with van der Waals surface area (Å²) >= 11 is 13.0. The van der Waals surface area contributed by atoms with Crippen molar-refractivity contribution in [2.75, 3.05) is 22.9 Å². The van der Waals surface area contributed by atoms with E-state index < -0.39 is 0 Å². The van der Waals surface area contributed by atoms with E-state index >= 15 is 0 Å². The third kappa shape index (κ3) is 4.52. The number of pyridine rings is 1. The Morgan fingerprint density at radius 1 is 1.03 bits per heavy atom. The van der Waals surface area contributed by atoms with Crippen LogP contribution >= 0.6 is 23.8 Å². The molecule has 5 nitrogen and oxygen atoms in total. The number of aromatic nitrogens is 2. The standard InChI is InChI=1S/C30H36ClN5S/c1-18-13-19(2)17-34(16-18)27-11-10-23(15-25(27)31)36-29(24-14-20(3)35(21(24)4)22-8-9-22)28(33-30(36)37)26-7-5-6-12-32-26/h5-7,10-12,14-15,18-19,22,28-29H,8-9,13,16-17H2,1-4H3,(H,33,37)/t18-,19-,28-,29+/m0/s1. The van der Waals surface area contributed by atoms with Crippen molar-refractivity contribution >= 4 is 40.3 Å². The van der Waals surface area contributed by atoms with Crippen molar-refractivity contribution < 1.29 is 0 Å². The highest BCUT2D eigenvalue weighted by Gasteiger charge is 2.43. The van der Waals surface area contributed by atoms with Crippen molar-refractivity contribution in [3.8, 4) is 0 Å². The number of rotatable bonds is 5. The molecule has 3 aliphatic rings. The van der Waals surface area contributed by atoms with E-state index in [9.17, 15) is 0 Å². The molecule has 1 N–H and O–H groups in total. The van der Waals surface area contributed by atoms with Gasteiger partial charge in [-0.3, -0.25) is 4.98 Å². The van der Waals surface area contributed by atoms with Crippen LogP contribution in [0.3, 0.4) is 0 Å². The normalized spacial score (nSPS) is 26.0. The van der Waals surface area contributed by atoms with Gasteiger partial charge in [-0.2, -0.15) is 0 Å². The molecule has 2 aromatic heterocycles. The van der Waals surface area contributed by atoms with Crippen LogP contribution < -0.4 is 15.1 Å². The Morgan fingerprint density at radius 3 is 2.43 bits per heavy atom. The number of halogens is 1. The Hall–Kier alpha value is -2.57. The number of nitrogens with one attached hydrogen (secondary N) is 1. The molecule has 2 saturated heterocycles. The van der Waals surface area contributed by atoms with E-state index in [0.717, 1.165) is 35.2 Å². The molecule has 2 aliphatic heterocycles. The lowest BCUT2D eigenvalue weighted by atomic mass is 9.91. The first-order valence-corrected chi connectivity index (χ1v) is 14.3. The Kier molecular flexibility index (Phi) is 6.44. The predicted molar refractivity (Wildman–Crippen MR) is 157 cm³/mol. The second-order valence-electron chi connectivity index (χ2n) is 11.4. The average Bonchev–Trinajstić information content (AvgIpc) is 3.57. The number of nitrogens with zero attached hydrogens (tertiary/aromatic N) is 4. The van der Waals surface area contributed by atoms with Gasteiger partial charge in [-0.1, -0.05) is 31.5 Å². The van der Waals surface area contributed by atoms with Crippen LogP contribution in [0.15, 0.2) is 48.7 Å². The minimum Gasteiger partial charge on any atom is -0.370 e. The molecule has 194 valence electrons. The van der Waals surface area contributed by atoms with Crippen molar-refractivity contribution in [1.29, 1.82) is 0 Å². The largest absolute Gasteiger partial charge is 0.370 e. The van der Waals surface area contributed by atoms with Crippen molar-refractivity contribution in [2.24, 2.45) is 11.8 Å². The van der Waals surface area contributed by atoms with Crippen molar-refractivity contribution in [2.45, 2.75) is 65.1 Å². The highest BCUT2D eigenvalue weighted by atomic mass is 35.5. The molecule has 3 aromatic rings. The van der Waals surface area contributed by atoms with Gasteiger partial charge in [0.1, 0.15) is 0 Å². The topological polar surface area (TPSA) is 36.3 Å². The predicted octanol–water partition coefficient (Wildman–Crippen LogP) is 7.15. The first-order valence-electron chi connectivity index (χ1n) is 13.5. The first-order chi connectivity index (χ1) is 17.8. The molecule has 1 aliphatic carbocycles. The molecular weight excluding hydrogens is 498 g/mol. The van der Waals surface area contributed by atoms with E-state index in [2.05, 4.69) is 77.7 Å². The Balaban J connectivity index is 1.41. The molecule has 37 heavy (non-hydrogen) atoms. The van der Waals surface area contributed by atoms with Gasteiger partial charge in [0.2, 0.25) is 0 Å². The summed E-state index contributed by atoms with van der Waals surface area (Å²) in [5.41, 5.74) is 7.06. The Bertz CT molecular complexity index is 1310. The Morgan fingerprint density at radius 2 is 1.78 bits per heavy atom. The van der Waals surface area contributed by atoms with E-state index in [1.165, 1.54) is 36.2 Å². The fourth-order valence-electron chi connectivity index (χ4n) is 6.71. The zero-order valence-electron chi connectivity index (χ0n) is 22.1. The molecule has 1 aromatic carbocycles. The summed E-state index contributed by atoms with van der Waals surface area (Å²) in [5, 5.41) is 5.10. The first kappa shape index (κ1) is 24.7. The zero-order chi connectivity index (χ0) is 25.8. The maximum absolute atomic E-state index is 6.99. The number of anilines is 2. The molecule has 0 spiro atoms. The molecule has 1 saturated carbocycles. The molecule has 4 atom stereocenters. The van der Waals surface area contributed by atoms with Crippen LogP contribution in [0.4, 0.5) is 11.4 Å². The number of hydrogen-bond acceptors (Lipinski definition) is 3. The minimum atomic E-state index is -0.0518. The molecule has 0 unspecified atom stereocenters. The van der Waals surface area contributed by atoms with Crippen LogP contribution in [0.1, 0.15) is 73.9 Å². The van der Waals surface area contributed by atoms with Gasteiger partial charge < -0.3 is 19.7 Å². The van der Waals surface area contributed by atoms with Gasteiger partial charge in [0.15, 0.2) is 5.11 Å². The lowest BCUT2D eigenvalue weighted by molar-refractivity contribution is 0.357. The molecular formula is C30H36ClN5S. The van der Waals surface area contributed by atoms with E-state index in [1.807, 2.05) is 18.3 Å². The van der Waals surface area contributed by atoms with Gasteiger partial charge in [0.05, 0.1) is 28.5 Å². The van der Waals surface area contributed by atoms with E-state index in [1.54, 1.807) is 0 Å². The van der Waals surface area contributed by atoms with Gasteiger partial charge >= 0.3 is 0 Å². The quantitative estimate of drug-likeness (QED) is 0.352. The molecule has 0 radical (unpaired) electrons. The van der Waals surface area contributed by atoms with Crippen LogP contribution in [0.5, 0.6) is 0 Å². The van der Waals surface area contributed by atoms with E-state index in [0.29, 0.717) is 23.0 Å². The molecule has 0 amide bonds. The minimum absolute atomic E-state index is 0.0157. The summed E-state index contributed by atoms with van der Waals surface area (Å²) in [7, 11) is 0. The van der Waals surface area contributed by atoms with Gasteiger partial charge in [-0.15, -0.1) is 0 Å². The molecule has 4 heterocycles. The van der Waals surface area contributed by atoms with E-state index in [-0.39, 0.29) is 12.1 Å². The van der Waals surface area contributed by atoms with E-state index in [4.69, 9.17) is 28.8 Å². The van der Waals surface area contributed by atoms with Crippen molar-refractivity contribution in [1.82, 2.24) is 14.9 Å². The summed E-state index contributed by atoms with van der Waals surface area (Å²) < 4.78 is 2.51. The van der Waals surface area contributed by atoms with Crippen LogP contribution in [0, 0.1) is 25.7 Å². The maximum Gasteiger partial charge on any atom is 0.174 e. The second-order valence-corrected chi connectivity index (χ2v) is 12.2. The monoisotopic (exact) mass is 533 g/mol. The number of aryl methyl sites for hydroxylation is 1. The van der Waals surface area contributed by atoms with Gasteiger partial charge in [-0.05, 0) is 99.1 Å². The number of thiocarbonyl (C=S) groups is 1. The fourth-order valence-corrected chi connectivity index (χ4v) is 7.35. The highest BCUT2D eigenvalue weighted by molar-refractivity contribution is 7.80. The lowest BCUT2D eigenvalue weighted by Crippen LogP contribution is -2.38. The number of hydrogen-bond donors (Lipinski definition) is 1. The smallest absolute Gasteiger partial charge is 0.174 e. The second kappa shape index (κ2) is 9.63. The van der Waals surface area contributed by atoms with Crippen molar-refractivity contribution in [3.63, 3.8) is 0 Å². The number of benzene rings is 1. The van der Waals surface area contributed by atoms with Crippen LogP contribution in [-0.2, 0) is 0 Å². The third-order valence-electron chi connectivity index (χ3n) is 8.27. The van der Waals surface area contributed by atoms with Crippen LogP contribution in [0.2, 0.25) is 5.02 Å². The summed E-state index contributed by atoms with van der Waals surface area (Å²) in [6.45, 7) is 11.2. The summed E-state index contributed by atoms with van der Waals surface area (Å²) in [6, 6.07) is 15.5. The molecule has 0 bridgehead atoms. The van der Waals surface area contributed by atoms with Gasteiger partial charge in [0, 0.05) is 42.4 Å². The van der Waals surface area contributed by atoms with Gasteiger partial charge in [0.25, 0.3) is 0 Å². The fraction of sp³-hybridized carbons (Fsp3) is 0.467. The van der Waals surface area contributed by atoms with Gasteiger partial charge in [-0.25, -0.2) is 0 Å². The zero-order valence-corrected chi connectivity index (χ0v) is 23.7. The summed E-state index contributed by atoms with van der Waals surface area (Å²) in [4.78, 5) is 9.43. The average molecular weight is 534 g/mol. The molecule has 7 heteroatoms. The molecule has 6 rings (SSSR count). The SMILES string of the molecule is Cc1cc([C@@H]2[C@H](c3ccccn3)NC(=S)N2c2ccc(N3C[C@@H](C)C[C@H](C)C3)c(Cl)c2)c(C)n1C1CC1. The van der Waals surface area contributed by atoms with Crippen LogP contribution in [0.25, 0.3) is 0 Å². The summed E-state index contributed by atoms with van der Waals surface area (Å²) in [6.07, 6.45) is 5.65.